The van der Waals surface area contributed by atoms with Crippen LogP contribution < -0.4 is 9.80 Å². The van der Waals surface area contributed by atoms with E-state index in [9.17, 15) is 0 Å². The molecule has 2 nitrogen and oxygen atoms in total. The van der Waals surface area contributed by atoms with Gasteiger partial charge in [0.2, 0.25) is 0 Å². The first-order chi connectivity index (χ1) is 25.4. The molecule has 52 heavy (non-hydrogen) atoms. The molecule has 252 valence electrons. The number of hydrogen-bond donors (Lipinski definition) is 0. The molecule has 0 spiro atoms. The minimum absolute atomic E-state index is 1.06. The Morgan fingerprint density at radius 1 is 0.385 bits per heavy atom. The fourth-order valence-corrected chi connectivity index (χ4v) is 6.59. The highest BCUT2D eigenvalue weighted by molar-refractivity contribution is 5.81. The molecule has 0 bridgehead atoms. The average molecular weight is 671 g/mol. The molecule has 0 unspecified atom stereocenters. The van der Waals surface area contributed by atoms with Crippen LogP contribution in [-0.4, -0.2) is 0 Å². The maximum absolute atomic E-state index is 3.12. The predicted octanol–water partition coefficient (Wildman–Crippen LogP) is 13.8. The molecule has 0 saturated carbocycles. The van der Waals surface area contributed by atoms with Crippen molar-refractivity contribution in [2.45, 2.75) is 27.7 Å². The van der Waals surface area contributed by atoms with E-state index in [4.69, 9.17) is 0 Å². The molecule has 0 radical (unpaired) electrons. The normalized spacial score (nSPS) is 11.2. The third-order valence-corrected chi connectivity index (χ3v) is 9.28. The highest BCUT2D eigenvalue weighted by Crippen LogP contribution is 2.37. The largest absolute Gasteiger partial charge is 0.310 e. The van der Waals surface area contributed by atoms with Crippen LogP contribution in [0, 0.1) is 39.8 Å². The van der Waals surface area contributed by atoms with Crippen molar-refractivity contribution in [1.82, 2.24) is 0 Å². The van der Waals surface area contributed by atoms with Crippen LogP contribution in [0.2, 0.25) is 0 Å². The van der Waals surface area contributed by atoms with E-state index in [1.54, 1.807) is 0 Å². The van der Waals surface area contributed by atoms with Crippen LogP contribution in [-0.2, 0) is 0 Å². The molecule has 0 aromatic heterocycles. The SMILES string of the molecule is Cc1cccc(N(c2ccccc2)c2ccc(/C=C\c3cccc(/C=C/c4ccc(N(c5cc#ccc5)c5cccc(C)c5)cc4C)c3)c(C)c2)c1. The van der Waals surface area contributed by atoms with Gasteiger partial charge in [-0.25, -0.2) is 0 Å². The van der Waals surface area contributed by atoms with Crippen LogP contribution >= 0.6 is 0 Å². The lowest BCUT2D eigenvalue weighted by Crippen LogP contribution is -2.10. The summed E-state index contributed by atoms with van der Waals surface area (Å²) < 4.78 is 0. The van der Waals surface area contributed by atoms with Crippen LogP contribution in [0.4, 0.5) is 34.1 Å². The van der Waals surface area contributed by atoms with Gasteiger partial charge in [-0.3, -0.25) is 0 Å². The summed E-state index contributed by atoms with van der Waals surface area (Å²) in [5, 5.41) is 0. The van der Waals surface area contributed by atoms with Crippen LogP contribution in [0.25, 0.3) is 24.3 Å². The molecular formula is C50H42N2. The molecular weight excluding hydrogens is 629 g/mol. The Balaban J connectivity index is 1.09. The molecule has 0 fully saturated rings. The molecule has 7 rings (SSSR count). The van der Waals surface area contributed by atoms with Crippen molar-refractivity contribution < 1.29 is 0 Å². The fraction of sp³-hybridized carbons (Fsp3) is 0.0800. The van der Waals surface area contributed by atoms with E-state index in [2.05, 4.69) is 220 Å². The minimum Gasteiger partial charge on any atom is -0.310 e. The first-order valence-corrected chi connectivity index (χ1v) is 17.8. The monoisotopic (exact) mass is 670 g/mol. The second-order valence-corrected chi connectivity index (χ2v) is 13.3. The van der Waals surface area contributed by atoms with E-state index in [0.717, 1.165) is 45.3 Å². The van der Waals surface area contributed by atoms with Gasteiger partial charge in [-0.15, -0.1) is 0 Å². The Labute approximate surface area is 309 Å². The summed E-state index contributed by atoms with van der Waals surface area (Å²) in [6, 6.07) is 62.0. The van der Waals surface area contributed by atoms with Crippen molar-refractivity contribution in [3.8, 4) is 0 Å². The highest BCUT2D eigenvalue weighted by atomic mass is 15.1. The lowest BCUT2D eigenvalue weighted by molar-refractivity contribution is 1.26. The van der Waals surface area contributed by atoms with Crippen molar-refractivity contribution >= 4 is 58.4 Å². The molecule has 0 amide bonds. The predicted molar refractivity (Wildman–Crippen MR) is 223 cm³/mol. The van der Waals surface area contributed by atoms with Gasteiger partial charge in [-0.1, -0.05) is 109 Å². The van der Waals surface area contributed by atoms with Crippen molar-refractivity contribution in [1.29, 1.82) is 0 Å². The molecule has 0 atom stereocenters. The number of rotatable bonds is 10. The molecule has 7 aromatic rings. The van der Waals surface area contributed by atoms with E-state index < -0.39 is 0 Å². The Bertz CT molecular complexity index is 2190. The van der Waals surface area contributed by atoms with Crippen molar-refractivity contribution in [3.05, 3.63) is 214 Å². The van der Waals surface area contributed by atoms with Gasteiger partial charge in [-0.2, -0.15) is 0 Å². The second kappa shape index (κ2) is 15.5. The van der Waals surface area contributed by atoms with E-state index in [0.29, 0.717) is 0 Å². The number of anilines is 6. The summed E-state index contributed by atoms with van der Waals surface area (Å²) in [5.74, 6) is 0. The zero-order chi connectivity index (χ0) is 35.9. The van der Waals surface area contributed by atoms with Crippen LogP contribution in [0.1, 0.15) is 44.5 Å². The van der Waals surface area contributed by atoms with Gasteiger partial charge in [0.05, 0.1) is 5.69 Å². The molecule has 0 saturated heterocycles. The average Bonchev–Trinajstić information content (AvgIpc) is 3.16. The summed E-state index contributed by atoms with van der Waals surface area (Å²) in [4.78, 5) is 4.59. The van der Waals surface area contributed by atoms with Gasteiger partial charge in [0, 0.05) is 34.5 Å². The van der Waals surface area contributed by atoms with Gasteiger partial charge in [-0.05, 0) is 151 Å². The van der Waals surface area contributed by atoms with Crippen LogP contribution in [0.3, 0.4) is 0 Å². The van der Waals surface area contributed by atoms with Crippen molar-refractivity contribution in [2.24, 2.45) is 0 Å². The molecule has 0 N–H and O–H groups in total. The lowest BCUT2D eigenvalue weighted by Gasteiger charge is -2.26. The van der Waals surface area contributed by atoms with Gasteiger partial charge >= 0.3 is 0 Å². The summed E-state index contributed by atoms with van der Waals surface area (Å²) in [6.45, 7) is 8.63. The molecule has 0 aliphatic carbocycles. The second-order valence-electron chi connectivity index (χ2n) is 13.3. The van der Waals surface area contributed by atoms with Gasteiger partial charge in [0.15, 0.2) is 0 Å². The highest BCUT2D eigenvalue weighted by Gasteiger charge is 2.14. The van der Waals surface area contributed by atoms with E-state index in [1.165, 1.54) is 33.4 Å². The van der Waals surface area contributed by atoms with Gasteiger partial charge in [0.25, 0.3) is 0 Å². The molecule has 0 aliphatic rings. The topological polar surface area (TPSA) is 6.48 Å². The zero-order valence-corrected chi connectivity index (χ0v) is 30.2. The third-order valence-electron chi connectivity index (χ3n) is 9.28. The Hall–Kier alpha value is -6.56. The number of hydrogen-bond acceptors (Lipinski definition) is 2. The zero-order valence-electron chi connectivity index (χ0n) is 30.2. The Morgan fingerprint density at radius 3 is 1.38 bits per heavy atom. The maximum atomic E-state index is 3.12. The Kier molecular flexibility index (Phi) is 10.1. The van der Waals surface area contributed by atoms with E-state index in [1.807, 2.05) is 12.1 Å². The maximum Gasteiger partial charge on any atom is 0.0551 e. The first kappa shape index (κ1) is 33.9. The number of benzene rings is 6. The third kappa shape index (κ3) is 7.91. The molecule has 0 heterocycles. The van der Waals surface area contributed by atoms with Crippen LogP contribution in [0.5, 0.6) is 0 Å². The lowest BCUT2D eigenvalue weighted by atomic mass is 10.0. The van der Waals surface area contributed by atoms with Crippen molar-refractivity contribution in [2.75, 3.05) is 9.80 Å². The summed E-state index contributed by atoms with van der Waals surface area (Å²) >= 11 is 0. The Morgan fingerprint density at radius 2 is 0.885 bits per heavy atom. The van der Waals surface area contributed by atoms with Crippen molar-refractivity contribution in [3.63, 3.8) is 0 Å². The van der Waals surface area contributed by atoms with E-state index in [-0.39, 0.29) is 0 Å². The summed E-state index contributed by atoms with van der Waals surface area (Å²) in [7, 11) is 0. The van der Waals surface area contributed by atoms with Crippen LogP contribution in [0.15, 0.2) is 158 Å². The standard InChI is InChI=1S/C50H42N2/c1-37-14-11-22-47(32-37)51(45-18-7-5-8-19-45)49-30-28-43(39(3)34-49)26-24-41-16-13-17-42(36-41)25-27-44-29-31-50(35-40(44)4)52(46-20-9-6-10-21-46)48-23-12-15-38(2)33-48/h5,7-9,11-36H,1-4H3/b26-24-,27-25+. The number of para-hydroxylation sites is 1. The van der Waals surface area contributed by atoms with E-state index >= 15 is 0 Å². The summed E-state index contributed by atoms with van der Waals surface area (Å²) in [5.41, 5.74) is 16.3. The van der Waals surface area contributed by atoms with Gasteiger partial charge in [0.1, 0.15) is 0 Å². The molecule has 2 heteroatoms. The van der Waals surface area contributed by atoms with Gasteiger partial charge < -0.3 is 9.80 Å². The minimum atomic E-state index is 1.06. The fourth-order valence-electron chi connectivity index (χ4n) is 6.59. The smallest absolute Gasteiger partial charge is 0.0551 e. The number of nitrogens with zero attached hydrogens (tertiary/aromatic N) is 2. The molecule has 0 aliphatic heterocycles. The molecule has 7 aromatic carbocycles. The number of aryl methyl sites for hydroxylation is 4. The first-order valence-electron chi connectivity index (χ1n) is 17.8. The summed E-state index contributed by atoms with van der Waals surface area (Å²) in [6.07, 6.45) is 8.82. The quantitative estimate of drug-likeness (QED) is 0.134.